The van der Waals surface area contributed by atoms with Crippen LogP contribution in [-0.4, -0.2) is 30.9 Å². The second kappa shape index (κ2) is 5.54. The van der Waals surface area contributed by atoms with E-state index in [0.717, 1.165) is 24.5 Å². The molecular weight excluding hydrogens is 200 g/mol. The van der Waals surface area contributed by atoms with Crippen LogP contribution in [0.25, 0.3) is 0 Å². The van der Waals surface area contributed by atoms with Crippen molar-refractivity contribution in [3.8, 4) is 5.75 Å². The quantitative estimate of drug-likeness (QED) is 0.573. The molecule has 0 aromatic heterocycles. The first-order valence-electron chi connectivity index (χ1n) is 5.89. The molecule has 0 saturated carbocycles. The van der Waals surface area contributed by atoms with Crippen LogP contribution in [0.3, 0.4) is 0 Å². The molecule has 0 spiro atoms. The van der Waals surface area contributed by atoms with Gasteiger partial charge in [-0.25, -0.2) is 4.99 Å². The van der Waals surface area contributed by atoms with Crippen LogP contribution in [0.5, 0.6) is 5.75 Å². The van der Waals surface area contributed by atoms with Gasteiger partial charge in [-0.1, -0.05) is 0 Å². The van der Waals surface area contributed by atoms with E-state index in [1.807, 2.05) is 37.5 Å². The molecule has 1 aliphatic rings. The lowest BCUT2D eigenvalue weighted by molar-refractivity contribution is 0.340. The van der Waals surface area contributed by atoms with Crippen molar-refractivity contribution in [2.45, 2.75) is 19.8 Å². The number of rotatable bonds is 4. The number of ether oxygens (including phenoxy) is 1. The Kier molecular flexibility index (Phi) is 3.81. The molecule has 0 bridgehead atoms. The molecule has 2 rings (SSSR count). The number of hydrogen-bond acceptors (Lipinski definition) is 2. The monoisotopic (exact) mass is 218 g/mol. The minimum absolute atomic E-state index is 0.705. The second-order valence-corrected chi connectivity index (χ2v) is 3.91. The predicted octanol–water partition coefficient (Wildman–Crippen LogP) is 2.84. The van der Waals surface area contributed by atoms with Crippen molar-refractivity contribution in [1.82, 2.24) is 4.90 Å². The Morgan fingerprint density at radius 1 is 1.25 bits per heavy atom. The summed E-state index contributed by atoms with van der Waals surface area (Å²) in [5.41, 5.74) is 0.982. The molecule has 0 amide bonds. The summed E-state index contributed by atoms with van der Waals surface area (Å²) >= 11 is 0. The van der Waals surface area contributed by atoms with Crippen LogP contribution in [0, 0.1) is 0 Å². The molecule has 1 saturated heterocycles. The van der Waals surface area contributed by atoms with Crippen molar-refractivity contribution in [3.63, 3.8) is 0 Å². The third-order valence-electron chi connectivity index (χ3n) is 2.66. The molecule has 0 N–H and O–H groups in total. The topological polar surface area (TPSA) is 24.8 Å². The first-order valence-corrected chi connectivity index (χ1v) is 5.89. The lowest BCUT2D eigenvalue weighted by Gasteiger charge is -2.08. The van der Waals surface area contributed by atoms with Gasteiger partial charge < -0.3 is 9.64 Å². The molecular formula is C13H18N2O. The molecule has 0 aliphatic carbocycles. The Bertz CT molecular complexity index is 339. The van der Waals surface area contributed by atoms with Gasteiger partial charge in [0.2, 0.25) is 0 Å². The molecule has 3 heteroatoms. The third-order valence-corrected chi connectivity index (χ3v) is 2.66. The van der Waals surface area contributed by atoms with Crippen molar-refractivity contribution in [3.05, 3.63) is 24.3 Å². The summed E-state index contributed by atoms with van der Waals surface area (Å²) in [4.78, 5) is 6.70. The van der Waals surface area contributed by atoms with Crippen LogP contribution in [0.2, 0.25) is 0 Å². The minimum Gasteiger partial charge on any atom is -0.494 e. The van der Waals surface area contributed by atoms with E-state index in [1.54, 1.807) is 0 Å². The van der Waals surface area contributed by atoms with Crippen molar-refractivity contribution < 1.29 is 4.74 Å². The van der Waals surface area contributed by atoms with Gasteiger partial charge in [-0.15, -0.1) is 0 Å². The molecule has 0 unspecified atom stereocenters. The number of benzene rings is 1. The first kappa shape index (κ1) is 11.0. The Morgan fingerprint density at radius 2 is 1.94 bits per heavy atom. The Labute approximate surface area is 96.7 Å². The predicted molar refractivity (Wildman–Crippen MR) is 66.6 cm³/mol. The van der Waals surface area contributed by atoms with E-state index in [9.17, 15) is 0 Å². The van der Waals surface area contributed by atoms with Crippen molar-refractivity contribution in [2.75, 3.05) is 19.7 Å². The fourth-order valence-corrected chi connectivity index (χ4v) is 1.80. The molecule has 1 fully saturated rings. The average molecular weight is 218 g/mol. The zero-order valence-electron chi connectivity index (χ0n) is 9.72. The molecule has 3 nitrogen and oxygen atoms in total. The zero-order chi connectivity index (χ0) is 11.2. The van der Waals surface area contributed by atoms with Crippen LogP contribution in [-0.2, 0) is 0 Å². The fraction of sp³-hybridized carbons (Fsp3) is 0.462. The van der Waals surface area contributed by atoms with E-state index in [2.05, 4.69) is 9.89 Å². The van der Waals surface area contributed by atoms with Crippen LogP contribution >= 0.6 is 0 Å². The minimum atomic E-state index is 0.705. The molecule has 0 radical (unpaired) electrons. The van der Waals surface area contributed by atoms with Crippen LogP contribution in [0.4, 0.5) is 5.69 Å². The van der Waals surface area contributed by atoms with E-state index >= 15 is 0 Å². The van der Waals surface area contributed by atoms with Crippen LogP contribution < -0.4 is 4.74 Å². The second-order valence-electron chi connectivity index (χ2n) is 3.91. The highest BCUT2D eigenvalue weighted by atomic mass is 16.5. The van der Waals surface area contributed by atoms with Gasteiger partial charge in [-0.3, -0.25) is 0 Å². The van der Waals surface area contributed by atoms with E-state index in [4.69, 9.17) is 4.74 Å². The smallest absolute Gasteiger partial charge is 0.119 e. The Hall–Kier alpha value is -1.51. The maximum Gasteiger partial charge on any atom is 0.119 e. The summed E-state index contributed by atoms with van der Waals surface area (Å²) in [5, 5.41) is 0. The van der Waals surface area contributed by atoms with Gasteiger partial charge in [-0.2, -0.15) is 0 Å². The normalized spacial score (nSPS) is 15.9. The zero-order valence-corrected chi connectivity index (χ0v) is 9.72. The van der Waals surface area contributed by atoms with Gasteiger partial charge >= 0.3 is 0 Å². The van der Waals surface area contributed by atoms with Gasteiger partial charge in [0.25, 0.3) is 0 Å². The summed E-state index contributed by atoms with van der Waals surface area (Å²) in [6.07, 6.45) is 4.52. The summed E-state index contributed by atoms with van der Waals surface area (Å²) in [6.45, 7) is 4.97. The molecule has 1 aromatic carbocycles. The van der Waals surface area contributed by atoms with Crippen LogP contribution in [0.15, 0.2) is 29.3 Å². The highest BCUT2D eigenvalue weighted by Gasteiger charge is 2.06. The van der Waals surface area contributed by atoms with Gasteiger partial charge in [0.15, 0.2) is 0 Å². The molecule has 1 heterocycles. The fourth-order valence-electron chi connectivity index (χ4n) is 1.80. The standard InChI is InChI=1S/C13H18N2O/c1-2-16-13-7-5-12(6-8-13)14-11-15-9-3-4-10-15/h5-8,11H,2-4,9-10H2,1H3. The van der Waals surface area contributed by atoms with Gasteiger partial charge in [-0.05, 0) is 44.0 Å². The first-order chi connectivity index (χ1) is 7.88. The van der Waals surface area contributed by atoms with Gasteiger partial charge in [0, 0.05) is 13.1 Å². The molecule has 86 valence electrons. The summed E-state index contributed by atoms with van der Waals surface area (Å²) in [5.74, 6) is 0.905. The van der Waals surface area contributed by atoms with E-state index in [-0.39, 0.29) is 0 Å². The maximum absolute atomic E-state index is 5.38. The number of aliphatic imine (C=N–C) groups is 1. The molecule has 0 atom stereocenters. The molecule has 16 heavy (non-hydrogen) atoms. The average Bonchev–Trinajstić information content (AvgIpc) is 2.82. The summed E-state index contributed by atoms with van der Waals surface area (Å²) < 4.78 is 5.38. The SMILES string of the molecule is CCOc1ccc(N=CN2CCCC2)cc1. The maximum atomic E-state index is 5.38. The van der Waals surface area contributed by atoms with Crippen molar-refractivity contribution in [1.29, 1.82) is 0 Å². The highest BCUT2D eigenvalue weighted by molar-refractivity contribution is 5.61. The van der Waals surface area contributed by atoms with E-state index in [1.165, 1.54) is 12.8 Å². The van der Waals surface area contributed by atoms with Crippen molar-refractivity contribution in [2.24, 2.45) is 4.99 Å². The molecule has 1 aliphatic heterocycles. The van der Waals surface area contributed by atoms with Gasteiger partial charge in [0.1, 0.15) is 5.75 Å². The summed E-state index contributed by atoms with van der Waals surface area (Å²) in [7, 11) is 0. The lowest BCUT2D eigenvalue weighted by atomic mass is 10.3. The number of likely N-dealkylation sites (tertiary alicyclic amines) is 1. The Balaban J connectivity index is 1.93. The van der Waals surface area contributed by atoms with E-state index in [0.29, 0.717) is 6.61 Å². The van der Waals surface area contributed by atoms with Gasteiger partial charge in [0.05, 0.1) is 18.6 Å². The summed E-state index contributed by atoms with van der Waals surface area (Å²) in [6, 6.07) is 7.88. The molecule has 1 aromatic rings. The van der Waals surface area contributed by atoms with Crippen molar-refractivity contribution >= 4 is 12.0 Å². The number of nitrogens with zero attached hydrogens (tertiary/aromatic N) is 2. The number of hydrogen-bond donors (Lipinski definition) is 0. The van der Waals surface area contributed by atoms with E-state index < -0.39 is 0 Å². The lowest BCUT2D eigenvalue weighted by Crippen LogP contribution is -2.15. The Morgan fingerprint density at radius 3 is 2.56 bits per heavy atom. The third kappa shape index (κ3) is 2.99. The van der Waals surface area contributed by atoms with Crippen LogP contribution in [0.1, 0.15) is 19.8 Å². The largest absolute Gasteiger partial charge is 0.494 e. The highest BCUT2D eigenvalue weighted by Crippen LogP contribution is 2.18.